The summed E-state index contributed by atoms with van der Waals surface area (Å²) < 4.78 is 0. The highest BCUT2D eigenvalue weighted by Gasteiger charge is 2.36. The number of anilines is 1. The van der Waals surface area contributed by atoms with E-state index in [2.05, 4.69) is 24.0 Å². The van der Waals surface area contributed by atoms with E-state index in [-0.39, 0.29) is 0 Å². The van der Waals surface area contributed by atoms with Crippen LogP contribution in [0.15, 0.2) is 12.1 Å². The van der Waals surface area contributed by atoms with Crippen LogP contribution in [0.4, 0.5) is 5.82 Å². The molecule has 2 heterocycles. The average molecular weight is 279 g/mol. The molecule has 0 N–H and O–H groups in total. The van der Waals surface area contributed by atoms with Crippen LogP contribution >= 0.6 is 11.6 Å². The molecule has 1 aliphatic carbocycles. The number of nitrogens with zero attached hydrogens (tertiary/aromatic N) is 2. The fraction of sp³-hybridized carbons (Fsp3) is 0.688. The van der Waals surface area contributed by atoms with Gasteiger partial charge >= 0.3 is 0 Å². The Kier molecular flexibility index (Phi) is 3.97. The van der Waals surface area contributed by atoms with Crippen molar-refractivity contribution >= 4 is 17.4 Å². The van der Waals surface area contributed by atoms with Gasteiger partial charge in [0, 0.05) is 24.2 Å². The van der Waals surface area contributed by atoms with Crippen LogP contribution in [-0.4, -0.2) is 17.6 Å². The summed E-state index contributed by atoms with van der Waals surface area (Å²) in [5, 5.41) is 0. The van der Waals surface area contributed by atoms with Crippen molar-refractivity contribution in [3.63, 3.8) is 0 Å². The number of fused-ring (bicyclic) bond motifs is 1. The SMILES string of the molecule is CCc1cc(CCl)cc(N2CCC3CCCCC32)n1. The van der Waals surface area contributed by atoms with Gasteiger partial charge in [0.25, 0.3) is 0 Å². The molecule has 1 aromatic rings. The van der Waals surface area contributed by atoms with Gasteiger partial charge in [-0.15, -0.1) is 11.6 Å². The molecule has 0 bridgehead atoms. The number of rotatable bonds is 3. The average Bonchev–Trinajstić information content (AvgIpc) is 2.90. The van der Waals surface area contributed by atoms with E-state index in [9.17, 15) is 0 Å². The second kappa shape index (κ2) is 5.70. The van der Waals surface area contributed by atoms with Gasteiger partial charge in [-0.3, -0.25) is 0 Å². The Morgan fingerprint density at radius 2 is 2.11 bits per heavy atom. The molecule has 2 atom stereocenters. The molecule has 2 aliphatic rings. The topological polar surface area (TPSA) is 16.1 Å². The molecule has 2 fully saturated rings. The predicted octanol–water partition coefficient (Wildman–Crippen LogP) is 4.15. The van der Waals surface area contributed by atoms with Gasteiger partial charge in [-0.05, 0) is 49.3 Å². The quantitative estimate of drug-likeness (QED) is 0.772. The molecule has 0 radical (unpaired) electrons. The number of aromatic nitrogens is 1. The van der Waals surface area contributed by atoms with Crippen LogP contribution in [0.2, 0.25) is 0 Å². The lowest BCUT2D eigenvalue weighted by atomic mass is 9.85. The Bertz CT molecular complexity index is 424. The highest BCUT2D eigenvalue weighted by molar-refractivity contribution is 6.17. The van der Waals surface area contributed by atoms with Gasteiger partial charge in [0.1, 0.15) is 5.82 Å². The van der Waals surface area contributed by atoms with Crippen molar-refractivity contribution in [1.29, 1.82) is 0 Å². The lowest BCUT2D eigenvalue weighted by Crippen LogP contribution is -2.35. The van der Waals surface area contributed by atoms with Gasteiger partial charge in [0.05, 0.1) is 0 Å². The van der Waals surface area contributed by atoms with Crippen LogP contribution in [0.5, 0.6) is 0 Å². The zero-order chi connectivity index (χ0) is 13.2. The molecule has 1 saturated heterocycles. The van der Waals surface area contributed by atoms with Crippen molar-refractivity contribution in [3.05, 3.63) is 23.4 Å². The molecule has 1 aliphatic heterocycles. The van der Waals surface area contributed by atoms with Gasteiger partial charge in [0.15, 0.2) is 0 Å². The number of pyridine rings is 1. The van der Waals surface area contributed by atoms with Crippen LogP contribution in [0.3, 0.4) is 0 Å². The summed E-state index contributed by atoms with van der Waals surface area (Å²) in [4.78, 5) is 7.39. The third-order valence-electron chi connectivity index (χ3n) is 4.75. The number of aryl methyl sites for hydroxylation is 1. The Morgan fingerprint density at radius 3 is 2.89 bits per heavy atom. The molecular weight excluding hydrogens is 256 g/mol. The van der Waals surface area contributed by atoms with Crippen LogP contribution in [0.1, 0.15) is 50.3 Å². The van der Waals surface area contributed by atoms with Crippen LogP contribution in [0, 0.1) is 5.92 Å². The van der Waals surface area contributed by atoms with E-state index in [0.29, 0.717) is 5.88 Å². The van der Waals surface area contributed by atoms with E-state index in [1.807, 2.05) is 0 Å². The van der Waals surface area contributed by atoms with E-state index in [0.717, 1.165) is 18.4 Å². The zero-order valence-electron chi connectivity index (χ0n) is 11.7. The fourth-order valence-corrected chi connectivity index (χ4v) is 3.88. The van der Waals surface area contributed by atoms with Gasteiger partial charge < -0.3 is 4.90 Å². The van der Waals surface area contributed by atoms with Crippen molar-refractivity contribution in [2.75, 3.05) is 11.4 Å². The lowest BCUT2D eigenvalue weighted by molar-refractivity contribution is 0.341. The Hall–Kier alpha value is -0.760. The second-order valence-electron chi connectivity index (χ2n) is 5.91. The minimum Gasteiger partial charge on any atom is -0.353 e. The molecule has 2 unspecified atom stereocenters. The van der Waals surface area contributed by atoms with E-state index >= 15 is 0 Å². The smallest absolute Gasteiger partial charge is 0.129 e. The highest BCUT2D eigenvalue weighted by atomic mass is 35.5. The Balaban J connectivity index is 1.88. The van der Waals surface area contributed by atoms with Crippen molar-refractivity contribution in [2.24, 2.45) is 5.92 Å². The van der Waals surface area contributed by atoms with E-state index < -0.39 is 0 Å². The molecule has 1 aromatic heterocycles. The second-order valence-corrected chi connectivity index (χ2v) is 6.17. The number of halogens is 1. The maximum Gasteiger partial charge on any atom is 0.129 e. The van der Waals surface area contributed by atoms with Crippen molar-refractivity contribution in [2.45, 2.75) is 57.4 Å². The Labute approximate surface area is 121 Å². The van der Waals surface area contributed by atoms with Crippen LogP contribution < -0.4 is 4.90 Å². The molecular formula is C16H23ClN2. The summed E-state index contributed by atoms with van der Waals surface area (Å²) in [6, 6.07) is 5.07. The van der Waals surface area contributed by atoms with Crippen molar-refractivity contribution < 1.29 is 0 Å². The van der Waals surface area contributed by atoms with Crippen LogP contribution in [-0.2, 0) is 12.3 Å². The van der Waals surface area contributed by atoms with Crippen LogP contribution in [0.25, 0.3) is 0 Å². The normalized spacial score (nSPS) is 26.5. The minimum absolute atomic E-state index is 0.588. The summed E-state index contributed by atoms with van der Waals surface area (Å²) in [6.07, 6.45) is 7.90. The molecule has 3 heteroatoms. The molecule has 0 aromatic carbocycles. The zero-order valence-corrected chi connectivity index (χ0v) is 12.5. The first-order chi connectivity index (χ1) is 9.31. The first-order valence-corrected chi connectivity index (χ1v) is 8.17. The molecule has 0 spiro atoms. The molecule has 1 saturated carbocycles. The third kappa shape index (κ3) is 2.60. The first kappa shape index (κ1) is 13.2. The Morgan fingerprint density at radius 1 is 1.26 bits per heavy atom. The lowest BCUT2D eigenvalue weighted by Gasteiger charge is -2.32. The maximum atomic E-state index is 6.03. The standard InChI is InChI=1S/C16H23ClN2/c1-2-14-9-12(11-17)10-16(18-14)19-8-7-13-5-3-4-6-15(13)19/h9-10,13,15H,2-8,11H2,1H3. The minimum atomic E-state index is 0.588. The van der Waals surface area contributed by atoms with E-state index in [4.69, 9.17) is 16.6 Å². The third-order valence-corrected chi connectivity index (χ3v) is 5.05. The molecule has 104 valence electrons. The number of alkyl halides is 1. The summed E-state index contributed by atoms with van der Waals surface area (Å²) >= 11 is 6.03. The summed E-state index contributed by atoms with van der Waals surface area (Å²) in [5.41, 5.74) is 2.38. The summed E-state index contributed by atoms with van der Waals surface area (Å²) in [6.45, 7) is 3.34. The largest absolute Gasteiger partial charge is 0.353 e. The molecule has 2 nitrogen and oxygen atoms in total. The fourth-order valence-electron chi connectivity index (χ4n) is 3.73. The monoisotopic (exact) mass is 278 g/mol. The molecule has 3 rings (SSSR count). The van der Waals surface area contributed by atoms with Crippen molar-refractivity contribution in [3.8, 4) is 0 Å². The number of hydrogen-bond acceptors (Lipinski definition) is 2. The maximum absolute atomic E-state index is 6.03. The van der Waals surface area contributed by atoms with E-state index in [1.165, 1.54) is 55.7 Å². The highest BCUT2D eigenvalue weighted by Crippen LogP contribution is 2.38. The van der Waals surface area contributed by atoms with E-state index in [1.54, 1.807) is 0 Å². The van der Waals surface area contributed by atoms with Gasteiger partial charge in [-0.2, -0.15) is 0 Å². The van der Waals surface area contributed by atoms with Gasteiger partial charge in [-0.1, -0.05) is 19.8 Å². The predicted molar refractivity (Wildman–Crippen MR) is 80.9 cm³/mol. The summed E-state index contributed by atoms with van der Waals surface area (Å²) in [7, 11) is 0. The molecule has 19 heavy (non-hydrogen) atoms. The first-order valence-electron chi connectivity index (χ1n) is 7.64. The number of hydrogen-bond donors (Lipinski definition) is 0. The molecule has 0 amide bonds. The van der Waals surface area contributed by atoms with Gasteiger partial charge in [0.2, 0.25) is 0 Å². The summed E-state index contributed by atoms with van der Waals surface area (Å²) in [5.74, 6) is 2.66. The van der Waals surface area contributed by atoms with Crippen molar-refractivity contribution in [1.82, 2.24) is 4.98 Å². The van der Waals surface area contributed by atoms with Gasteiger partial charge in [-0.25, -0.2) is 4.98 Å².